The smallest absolute Gasteiger partial charge is 0.306 e. The Labute approximate surface area is 477 Å². The van der Waals surface area contributed by atoms with E-state index in [0.29, 0.717) is 19.3 Å². The highest BCUT2D eigenvalue weighted by molar-refractivity contribution is 5.71. The van der Waals surface area contributed by atoms with E-state index in [1.807, 2.05) is 0 Å². The standard InChI is InChI=1S/C71H124O6/c1-4-7-10-13-16-19-22-25-27-29-31-33-34-35-36-38-39-41-43-46-49-52-55-58-61-64-70(73)76-67-68(66-75-69(72)63-60-57-54-51-48-45-24-21-18-15-12-9-6-3)77-71(74)65-62-59-56-53-50-47-44-42-40-37-32-30-28-26-23-20-17-14-11-8-5-2/h7,10,16,19,25,27,31,33,35-36,39,41,46,49,68H,4-6,8-9,11-15,17-18,20-24,26,28-30,32,34,37-38,40,42-45,47-48,50-67H2,1-3H3/b10-7-,19-16-,27-25-,33-31-,36-35-,41-39-,49-46-. The molecule has 0 bridgehead atoms. The molecule has 0 saturated heterocycles. The highest BCUT2D eigenvalue weighted by atomic mass is 16.6. The molecule has 0 aromatic carbocycles. The van der Waals surface area contributed by atoms with Gasteiger partial charge in [-0.1, -0.05) is 318 Å². The fourth-order valence-corrected chi connectivity index (χ4v) is 9.48. The molecule has 0 N–H and O–H groups in total. The summed E-state index contributed by atoms with van der Waals surface area (Å²) in [5.74, 6) is -0.900. The predicted octanol–water partition coefficient (Wildman–Crippen LogP) is 22.7. The van der Waals surface area contributed by atoms with E-state index < -0.39 is 6.10 Å². The Bertz CT molecular complexity index is 1470. The highest BCUT2D eigenvalue weighted by Crippen LogP contribution is 2.17. The average molecular weight is 1070 g/mol. The number of hydrogen-bond acceptors (Lipinski definition) is 6. The molecule has 0 aromatic heterocycles. The summed E-state index contributed by atoms with van der Waals surface area (Å²) in [5.41, 5.74) is 0. The van der Waals surface area contributed by atoms with Gasteiger partial charge < -0.3 is 14.2 Å². The van der Waals surface area contributed by atoms with Crippen LogP contribution in [0.15, 0.2) is 85.1 Å². The Morgan fingerprint density at radius 3 is 0.792 bits per heavy atom. The number of esters is 3. The van der Waals surface area contributed by atoms with Crippen molar-refractivity contribution in [2.24, 2.45) is 0 Å². The van der Waals surface area contributed by atoms with Gasteiger partial charge in [0, 0.05) is 19.3 Å². The van der Waals surface area contributed by atoms with Gasteiger partial charge in [-0.3, -0.25) is 14.4 Å². The molecule has 0 fully saturated rings. The molecule has 0 heterocycles. The largest absolute Gasteiger partial charge is 0.462 e. The van der Waals surface area contributed by atoms with Crippen LogP contribution in [-0.4, -0.2) is 37.2 Å². The number of rotatable bonds is 60. The summed E-state index contributed by atoms with van der Waals surface area (Å²) in [6.45, 7) is 6.54. The van der Waals surface area contributed by atoms with Crippen LogP contribution in [0.3, 0.4) is 0 Å². The van der Waals surface area contributed by atoms with Gasteiger partial charge >= 0.3 is 17.9 Å². The summed E-state index contributed by atoms with van der Waals surface area (Å²) in [7, 11) is 0. The Morgan fingerprint density at radius 1 is 0.273 bits per heavy atom. The van der Waals surface area contributed by atoms with Crippen molar-refractivity contribution in [3.05, 3.63) is 85.1 Å². The van der Waals surface area contributed by atoms with E-state index in [4.69, 9.17) is 14.2 Å². The Morgan fingerprint density at radius 2 is 0.506 bits per heavy atom. The van der Waals surface area contributed by atoms with Crippen molar-refractivity contribution in [3.8, 4) is 0 Å². The maximum Gasteiger partial charge on any atom is 0.306 e. The third-order valence-electron chi connectivity index (χ3n) is 14.4. The molecule has 0 aromatic rings. The van der Waals surface area contributed by atoms with Crippen LogP contribution < -0.4 is 0 Å². The fraction of sp³-hybridized carbons (Fsp3) is 0.761. The van der Waals surface area contributed by atoms with E-state index in [1.54, 1.807) is 0 Å². The molecule has 0 aliphatic rings. The maximum absolute atomic E-state index is 12.9. The van der Waals surface area contributed by atoms with Gasteiger partial charge in [-0.2, -0.15) is 0 Å². The van der Waals surface area contributed by atoms with Gasteiger partial charge in [-0.15, -0.1) is 0 Å². The van der Waals surface area contributed by atoms with E-state index in [2.05, 4.69) is 106 Å². The first-order valence-electron chi connectivity index (χ1n) is 33.1. The second-order valence-corrected chi connectivity index (χ2v) is 22.0. The Kier molecular flexibility index (Phi) is 62.2. The molecule has 0 rings (SSSR count). The predicted molar refractivity (Wildman–Crippen MR) is 334 cm³/mol. The minimum absolute atomic E-state index is 0.0828. The van der Waals surface area contributed by atoms with Crippen LogP contribution in [0.2, 0.25) is 0 Å². The summed E-state index contributed by atoms with van der Waals surface area (Å²) >= 11 is 0. The summed E-state index contributed by atoms with van der Waals surface area (Å²) < 4.78 is 16.9. The van der Waals surface area contributed by atoms with Crippen LogP contribution in [0.1, 0.15) is 329 Å². The van der Waals surface area contributed by atoms with E-state index in [1.165, 1.54) is 180 Å². The van der Waals surface area contributed by atoms with Gasteiger partial charge in [-0.05, 0) is 77.0 Å². The monoisotopic (exact) mass is 1070 g/mol. The minimum Gasteiger partial charge on any atom is -0.462 e. The van der Waals surface area contributed by atoms with Crippen molar-refractivity contribution in [2.45, 2.75) is 335 Å². The zero-order chi connectivity index (χ0) is 55.7. The van der Waals surface area contributed by atoms with E-state index >= 15 is 0 Å². The average Bonchev–Trinajstić information content (AvgIpc) is 3.43. The molecule has 1 atom stereocenters. The van der Waals surface area contributed by atoms with Crippen molar-refractivity contribution in [1.82, 2.24) is 0 Å². The van der Waals surface area contributed by atoms with Crippen molar-refractivity contribution in [2.75, 3.05) is 13.2 Å². The molecule has 0 saturated carbocycles. The van der Waals surface area contributed by atoms with Gasteiger partial charge in [0.05, 0.1) is 0 Å². The molecule has 0 radical (unpaired) electrons. The van der Waals surface area contributed by atoms with Gasteiger partial charge in [0.1, 0.15) is 13.2 Å². The second kappa shape index (κ2) is 65.1. The summed E-state index contributed by atoms with van der Waals surface area (Å²) in [6.07, 6.45) is 85.9. The third-order valence-corrected chi connectivity index (χ3v) is 14.4. The van der Waals surface area contributed by atoms with Gasteiger partial charge in [-0.25, -0.2) is 0 Å². The first kappa shape index (κ1) is 73.6. The van der Waals surface area contributed by atoms with E-state index in [-0.39, 0.29) is 31.1 Å². The number of hydrogen-bond donors (Lipinski definition) is 0. The quantitative estimate of drug-likeness (QED) is 0.0261. The number of unbranched alkanes of at least 4 members (excludes halogenated alkanes) is 35. The van der Waals surface area contributed by atoms with Crippen LogP contribution in [0.25, 0.3) is 0 Å². The zero-order valence-electron chi connectivity index (χ0n) is 51.0. The first-order chi connectivity index (χ1) is 38.0. The molecule has 444 valence electrons. The summed E-state index contributed by atoms with van der Waals surface area (Å²) in [6, 6.07) is 0. The van der Waals surface area contributed by atoms with Crippen molar-refractivity contribution >= 4 is 17.9 Å². The Hall–Kier alpha value is -3.41. The summed E-state index contributed by atoms with van der Waals surface area (Å²) in [4.78, 5) is 38.3. The zero-order valence-corrected chi connectivity index (χ0v) is 51.0. The van der Waals surface area contributed by atoms with Crippen molar-refractivity contribution < 1.29 is 28.6 Å². The molecule has 0 aliphatic heterocycles. The second-order valence-electron chi connectivity index (χ2n) is 22.0. The normalized spacial score (nSPS) is 12.6. The molecule has 6 nitrogen and oxygen atoms in total. The fourth-order valence-electron chi connectivity index (χ4n) is 9.48. The number of allylic oxidation sites excluding steroid dienone is 14. The number of carbonyl (C=O) groups is 3. The molecule has 1 unspecified atom stereocenters. The molecule has 0 spiro atoms. The molecule has 0 aliphatic carbocycles. The molecule has 6 heteroatoms. The number of ether oxygens (including phenoxy) is 3. The topological polar surface area (TPSA) is 78.9 Å². The van der Waals surface area contributed by atoms with Crippen LogP contribution in [0, 0.1) is 0 Å². The lowest BCUT2D eigenvalue weighted by Crippen LogP contribution is -2.30. The van der Waals surface area contributed by atoms with E-state index in [0.717, 1.165) is 109 Å². The third kappa shape index (κ3) is 63.3. The first-order valence-corrected chi connectivity index (χ1v) is 33.1. The maximum atomic E-state index is 12.9. The van der Waals surface area contributed by atoms with Gasteiger partial charge in [0.2, 0.25) is 0 Å². The Balaban J connectivity index is 4.37. The molecule has 0 amide bonds. The summed E-state index contributed by atoms with van der Waals surface area (Å²) in [5, 5.41) is 0. The van der Waals surface area contributed by atoms with Crippen LogP contribution in [0.5, 0.6) is 0 Å². The molecule has 77 heavy (non-hydrogen) atoms. The lowest BCUT2D eigenvalue weighted by Gasteiger charge is -2.18. The minimum atomic E-state index is -0.789. The van der Waals surface area contributed by atoms with E-state index in [9.17, 15) is 14.4 Å². The SMILES string of the molecule is CC/C=C\C/C=C\C/C=C\C/C=C\C/C=C\C/C=C\C/C=C\CCCCCC(=O)OCC(COC(=O)CCCCCCCCCCCCCCC)OC(=O)CCCCCCCCCCCCCCCCCCCCCCC. The lowest BCUT2D eigenvalue weighted by molar-refractivity contribution is -0.167. The molecular weight excluding hydrogens is 949 g/mol. The van der Waals surface area contributed by atoms with Gasteiger partial charge in [0.25, 0.3) is 0 Å². The van der Waals surface area contributed by atoms with Gasteiger partial charge in [0.15, 0.2) is 6.10 Å². The van der Waals surface area contributed by atoms with Crippen molar-refractivity contribution in [1.29, 1.82) is 0 Å². The highest BCUT2D eigenvalue weighted by Gasteiger charge is 2.19. The van der Waals surface area contributed by atoms with Crippen LogP contribution in [0.4, 0.5) is 0 Å². The number of carbonyl (C=O) groups excluding carboxylic acids is 3. The van der Waals surface area contributed by atoms with Crippen LogP contribution in [-0.2, 0) is 28.6 Å². The van der Waals surface area contributed by atoms with Crippen LogP contribution >= 0.6 is 0 Å². The molecular formula is C71H124O6. The van der Waals surface area contributed by atoms with Crippen molar-refractivity contribution in [3.63, 3.8) is 0 Å². The lowest BCUT2D eigenvalue weighted by atomic mass is 10.0.